The van der Waals surface area contributed by atoms with Crippen LogP contribution in [0.25, 0.3) is 38.4 Å². The van der Waals surface area contributed by atoms with Crippen LogP contribution in [-0.4, -0.2) is 16.6 Å². The van der Waals surface area contributed by atoms with Crippen molar-refractivity contribution in [3.05, 3.63) is 155 Å². The standard InChI is InChI=1S/C40H29F3N2O/c41-40(42,43)46-31-18-14-27(15-19-31)28-16-20-32-29(22-28)17-21-33-34-11-5-6-12-36(34)39(25-35(32)33,24-26-8-2-1-3-9-26)38-23-30-10-4-7-13-37(30)44-45-38/h1-5,7-11,13-23H,6,12,24-25H2. The number of aromatic nitrogens is 2. The average Bonchev–Trinajstić information content (AvgIpc) is 3.08. The summed E-state index contributed by atoms with van der Waals surface area (Å²) in [4.78, 5) is 0. The number of halogens is 3. The molecular formula is C40H29F3N2O. The van der Waals surface area contributed by atoms with E-state index in [0.717, 1.165) is 64.2 Å². The highest BCUT2D eigenvalue weighted by atomic mass is 19.4. The molecule has 0 amide bonds. The van der Waals surface area contributed by atoms with Crippen LogP contribution in [0.5, 0.6) is 5.75 Å². The van der Waals surface area contributed by atoms with Crippen molar-refractivity contribution in [3.63, 3.8) is 0 Å². The van der Waals surface area contributed by atoms with Gasteiger partial charge in [-0.1, -0.05) is 97.1 Å². The molecule has 0 spiro atoms. The minimum atomic E-state index is -4.72. The maximum absolute atomic E-state index is 12.7. The molecule has 1 atom stereocenters. The predicted molar refractivity (Wildman–Crippen MR) is 176 cm³/mol. The second-order valence-corrected chi connectivity index (χ2v) is 12.1. The van der Waals surface area contributed by atoms with E-state index in [0.29, 0.717) is 0 Å². The van der Waals surface area contributed by atoms with Crippen molar-refractivity contribution in [3.8, 4) is 16.9 Å². The maximum atomic E-state index is 12.7. The van der Waals surface area contributed by atoms with Gasteiger partial charge in [-0.05, 0) is 106 Å². The molecule has 0 fully saturated rings. The third kappa shape index (κ3) is 5.04. The van der Waals surface area contributed by atoms with Crippen molar-refractivity contribution in [1.29, 1.82) is 0 Å². The number of ether oxygens (including phenoxy) is 1. The van der Waals surface area contributed by atoms with Crippen LogP contribution >= 0.6 is 0 Å². The van der Waals surface area contributed by atoms with Crippen molar-refractivity contribution in [2.75, 3.05) is 0 Å². The second kappa shape index (κ2) is 11.0. The Hall–Kier alpha value is -5.23. The molecule has 0 saturated carbocycles. The zero-order valence-corrected chi connectivity index (χ0v) is 24.9. The summed E-state index contributed by atoms with van der Waals surface area (Å²) in [5.41, 5.74) is 9.66. The molecule has 0 radical (unpaired) electrons. The fourth-order valence-electron chi connectivity index (χ4n) is 7.36. The van der Waals surface area contributed by atoms with Crippen LogP contribution in [0, 0.1) is 0 Å². The van der Waals surface area contributed by atoms with Crippen molar-refractivity contribution < 1.29 is 17.9 Å². The lowest BCUT2D eigenvalue weighted by Gasteiger charge is -2.43. The van der Waals surface area contributed by atoms with Crippen molar-refractivity contribution in [2.24, 2.45) is 0 Å². The highest BCUT2D eigenvalue weighted by Gasteiger charge is 2.44. The molecule has 1 heterocycles. The summed E-state index contributed by atoms with van der Waals surface area (Å²) >= 11 is 0. The first-order chi connectivity index (χ1) is 22.4. The van der Waals surface area contributed by atoms with Gasteiger partial charge in [0.1, 0.15) is 5.75 Å². The lowest BCUT2D eigenvalue weighted by atomic mass is 9.60. The number of alkyl halides is 3. The molecule has 0 aliphatic heterocycles. The minimum Gasteiger partial charge on any atom is -0.406 e. The number of rotatable bonds is 5. The number of fused-ring (bicyclic) bond motifs is 5. The maximum Gasteiger partial charge on any atom is 0.573 e. The van der Waals surface area contributed by atoms with E-state index in [-0.39, 0.29) is 5.75 Å². The SMILES string of the molecule is FC(F)(F)Oc1ccc(-c2ccc3c4c(ccc3c2)C2=C(CCC=C2)C(Cc2ccccc2)(c2cc3ccccc3nn2)C4)cc1. The van der Waals surface area contributed by atoms with E-state index in [4.69, 9.17) is 10.2 Å². The molecule has 1 unspecified atom stereocenters. The van der Waals surface area contributed by atoms with Gasteiger partial charge in [-0.2, -0.15) is 10.2 Å². The summed E-state index contributed by atoms with van der Waals surface area (Å²) in [7, 11) is 0. The van der Waals surface area contributed by atoms with Crippen LogP contribution < -0.4 is 4.74 Å². The van der Waals surface area contributed by atoms with Crippen LogP contribution in [-0.2, 0) is 18.3 Å². The molecular weight excluding hydrogens is 581 g/mol. The Bertz CT molecular complexity index is 2170. The molecule has 1 aromatic heterocycles. The molecule has 226 valence electrons. The van der Waals surface area contributed by atoms with E-state index in [1.165, 1.54) is 40.0 Å². The van der Waals surface area contributed by atoms with Gasteiger partial charge in [-0.15, -0.1) is 13.2 Å². The smallest absolute Gasteiger partial charge is 0.406 e. The summed E-state index contributed by atoms with van der Waals surface area (Å²) in [5.74, 6) is -0.234. The van der Waals surface area contributed by atoms with E-state index >= 15 is 0 Å². The molecule has 0 bridgehead atoms. The van der Waals surface area contributed by atoms with Gasteiger partial charge in [0.05, 0.1) is 11.2 Å². The fraction of sp³-hybridized carbons (Fsp3) is 0.150. The molecule has 6 aromatic rings. The fourth-order valence-corrected chi connectivity index (χ4v) is 7.36. The molecule has 0 saturated heterocycles. The van der Waals surface area contributed by atoms with Crippen molar-refractivity contribution in [1.82, 2.24) is 10.2 Å². The Balaban J connectivity index is 1.29. The van der Waals surface area contributed by atoms with Crippen LogP contribution in [0.2, 0.25) is 0 Å². The van der Waals surface area contributed by atoms with E-state index in [1.807, 2.05) is 18.2 Å². The first-order valence-corrected chi connectivity index (χ1v) is 15.5. The van der Waals surface area contributed by atoms with Gasteiger partial charge >= 0.3 is 6.36 Å². The Morgan fingerprint density at radius 2 is 1.52 bits per heavy atom. The zero-order chi connectivity index (χ0) is 31.3. The van der Waals surface area contributed by atoms with Gasteiger partial charge in [-0.3, -0.25) is 0 Å². The first kappa shape index (κ1) is 28.3. The van der Waals surface area contributed by atoms with E-state index in [9.17, 15) is 13.2 Å². The van der Waals surface area contributed by atoms with E-state index in [1.54, 1.807) is 12.1 Å². The average molecular weight is 611 g/mol. The zero-order valence-electron chi connectivity index (χ0n) is 24.9. The van der Waals surface area contributed by atoms with E-state index < -0.39 is 11.8 Å². The molecule has 2 aliphatic rings. The highest BCUT2D eigenvalue weighted by molar-refractivity contribution is 5.97. The van der Waals surface area contributed by atoms with Gasteiger partial charge < -0.3 is 4.74 Å². The van der Waals surface area contributed by atoms with Crippen LogP contribution in [0.1, 0.15) is 35.2 Å². The van der Waals surface area contributed by atoms with Gasteiger partial charge in [0.15, 0.2) is 0 Å². The van der Waals surface area contributed by atoms with Gasteiger partial charge in [0.25, 0.3) is 0 Å². The summed E-state index contributed by atoms with van der Waals surface area (Å²) in [6.45, 7) is 0. The predicted octanol–water partition coefficient (Wildman–Crippen LogP) is 10.2. The number of hydrogen-bond donors (Lipinski definition) is 0. The summed E-state index contributed by atoms with van der Waals surface area (Å²) in [6, 6.07) is 37.8. The highest BCUT2D eigenvalue weighted by Crippen LogP contribution is 2.51. The largest absolute Gasteiger partial charge is 0.573 e. The van der Waals surface area contributed by atoms with Crippen molar-refractivity contribution in [2.45, 2.75) is 37.5 Å². The van der Waals surface area contributed by atoms with Crippen LogP contribution in [0.4, 0.5) is 13.2 Å². The van der Waals surface area contributed by atoms with Gasteiger partial charge in [0.2, 0.25) is 0 Å². The number of benzene rings is 5. The Morgan fingerprint density at radius 1 is 0.739 bits per heavy atom. The quantitative estimate of drug-likeness (QED) is 0.195. The normalized spacial score (nSPS) is 17.6. The first-order valence-electron chi connectivity index (χ1n) is 15.5. The topological polar surface area (TPSA) is 35.0 Å². The molecule has 8 rings (SSSR count). The van der Waals surface area contributed by atoms with Crippen molar-refractivity contribution >= 4 is 27.2 Å². The molecule has 3 nitrogen and oxygen atoms in total. The Morgan fingerprint density at radius 3 is 2.35 bits per heavy atom. The lowest BCUT2D eigenvalue weighted by molar-refractivity contribution is -0.274. The lowest BCUT2D eigenvalue weighted by Crippen LogP contribution is -2.39. The minimum absolute atomic E-state index is 0.234. The number of hydrogen-bond acceptors (Lipinski definition) is 3. The van der Waals surface area contributed by atoms with E-state index in [2.05, 4.69) is 89.7 Å². The molecule has 2 aliphatic carbocycles. The van der Waals surface area contributed by atoms with Crippen LogP contribution in [0.3, 0.4) is 0 Å². The molecule has 0 N–H and O–H groups in total. The Kier molecular flexibility index (Phi) is 6.75. The number of nitrogens with zero attached hydrogens (tertiary/aromatic N) is 2. The Labute approximate surface area is 264 Å². The monoisotopic (exact) mass is 610 g/mol. The molecule has 46 heavy (non-hydrogen) atoms. The van der Waals surface area contributed by atoms with Gasteiger partial charge in [0, 0.05) is 10.8 Å². The second-order valence-electron chi connectivity index (χ2n) is 12.1. The van der Waals surface area contributed by atoms with Crippen LogP contribution in [0.15, 0.2) is 133 Å². The third-order valence-corrected chi connectivity index (χ3v) is 9.40. The van der Waals surface area contributed by atoms with Gasteiger partial charge in [-0.25, -0.2) is 0 Å². The summed E-state index contributed by atoms with van der Waals surface area (Å²) in [6.07, 6.45) is 3.35. The summed E-state index contributed by atoms with van der Waals surface area (Å²) < 4.78 is 42.2. The summed E-state index contributed by atoms with van der Waals surface area (Å²) in [5, 5.41) is 13.0. The molecule has 5 aromatic carbocycles. The molecule has 6 heteroatoms. The number of allylic oxidation sites excluding steroid dienone is 4. The third-order valence-electron chi connectivity index (χ3n) is 9.40.